The Morgan fingerprint density at radius 3 is 2.38 bits per heavy atom. The van der Waals surface area contributed by atoms with Gasteiger partial charge in [0.2, 0.25) is 5.91 Å². The molecule has 0 saturated carbocycles. The predicted molar refractivity (Wildman–Crippen MR) is 126 cm³/mol. The van der Waals surface area contributed by atoms with Crippen LogP contribution in [0.3, 0.4) is 0 Å². The number of hydrogen-bond donors (Lipinski definition) is 2. The highest BCUT2D eigenvalue weighted by Crippen LogP contribution is 2.34. The number of nitrogens with one attached hydrogen (secondary N) is 1. The van der Waals surface area contributed by atoms with Crippen molar-refractivity contribution in [3.8, 4) is 0 Å². The van der Waals surface area contributed by atoms with Crippen LogP contribution in [0.5, 0.6) is 0 Å². The van der Waals surface area contributed by atoms with E-state index in [1.807, 2.05) is 82.4 Å². The monoisotopic (exact) mass is 444 g/mol. The number of hydrogen-bond acceptors (Lipinski definition) is 4. The van der Waals surface area contributed by atoms with E-state index in [4.69, 9.17) is 12.2 Å². The summed E-state index contributed by atoms with van der Waals surface area (Å²) in [6, 6.07) is 20.7. The first kappa shape index (κ1) is 20.6. The molecule has 0 bridgehead atoms. The summed E-state index contributed by atoms with van der Waals surface area (Å²) in [6.45, 7) is 0.962. The number of fused-ring (bicyclic) bond motifs is 1. The Bertz CT molecular complexity index is 1290. The smallest absolute Gasteiger partial charge is 0.250 e. The second kappa shape index (κ2) is 8.33. The summed E-state index contributed by atoms with van der Waals surface area (Å²) in [5.41, 5.74) is 1.71. The minimum absolute atomic E-state index is 0.0229. The van der Waals surface area contributed by atoms with Gasteiger partial charge in [0.25, 0.3) is 0 Å². The fourth-order valence-electron chi connectivity index (χ4n) is 4.52. The molecule has 1 amide bonds. The Morgan fingerprint density at radius 1 is 1.03 bits per heavy atom. The minimum atomic E-state index is -0.910. The largest absolute Gasteiger partial charge is 0.385 e. The van der Waals surface area contributed by atoms with Crippen LogP contribution in [0, 0.1) is 4.64 Å². The lowest BCUT2D eigenvalue weighted by molar-refractivity contribution is -0.138. The Kier molecular flexibility index (Phi) is 5.36. The number of nitrogens with zero attached hydrogens (tertiary/aromatic N) is 3. The highest BCUT2D eigenvalue weighted by molar-refractivity contribution is 7.71. The molecule has 3 heterocycles. The standard InChI is InChI=1S/C25H24N4O2S/c30-23(28-15-12-25(31,13-16-28)19-9-5-2-6-10-19)22(18-7-3-1-4-8-18)29-14-11-21-20(24(29)32)17-26-27-21/h1-11,14,17,22,31H,12-13,15-16H2,(H,26,27). The van der Waals surface area contributed by atoms with E-state index in [1.165, 1.54) is 0 Å². The molecule has 0 spiro atoms. The third-order valence-electron chi connectivity index (χ3n) is 6.38. The molecule has 2 aromatic carbocycles. The third kappa shape index (κ3) is 3.63. The first-order valence-electron chi connectivity index (χ1n) is 10.7. The first-order chi connectivity index (χ1) is 15.6. The molecule has 6 nitrogen and oxygen atoms in total. The summed E-state index contributed by atoms with van der Waals surface area (Å²) in [4.78, 5) is 15.7. The average Bonchev–Trinajstić information content (AvgIpc) is 3.32. The summed E-state index contributed by atoms with van der Waals surface area (Å²) >= 11 is 5.74. The van der Waals surface area contributed by atoms with Crippen molar-refractivity contribution < 1.29 is 9.90 Å². The van der Waals surface area contributed by atoms with Gasteiger partial charge in [-0.1, -0.05) is 72.9 Å². The molecule has 1 aliphatic heterocycles. The number of pyridine rings is 1. The van der Waals surface area contributed by atoms with Crippen molar-refractivity contribution in [2.45, 2.75) is 24.5 Å². The van der Waals surface area contributed by atoms with Crippen LogP contribution in [0.4, 0.5) is 0 Å². The fraction of sp³-hybridized carbons (Fsp3) is 0.240. The van der Waals surface area contributed by atoms with E-state index < -0.39 is 11.6 Å². The van der Waals surface area contributed by atoms with Gasteiger partial charge in [-0.15, -0.1) is 0 Å². The highest BCUT2D eigenvalue weighted by Gasteiger charge is 2.37. The van der Waals surface area contributed by atoms with E-state index in [1.54, 1.807) is 6.20 Å². The van der Waals surface area contributed by atoms with Gasteiger partial charge in [0.15, 0.2) is 0 Å². The maximum Gasteiger partial charge on any atom is 0.250 e. The molecule has 1 aliphatic rings. The Hall–Kier alpha value is -3.29. The topological polar surface area (TPSA) is 74.2 Å². The number of H-pyrrole nitrogens is 1. The van der Waals surface area contributed by atoms with Crippen molar-refractivity contribution in [1.82, 2.24) is 19.7 Å². The number of aliphatic hydroxyl groups is 1. The molecule has 2 aromatic heterocycles. The van der Waals surface area contributed by atoms with E-state index in [9.17, 15) is 9.90 Å². The van der Waals surface area contributed by atoms with Crippen LogP contribution in [0.2, 0.25) is 0 Å². The molecular weight excluding hydrogens is 420 g/mol. The molecule has 162 valence electrons. The van der Waals surface area contributed by atoms with Gasteiger partial charge in [-0.05, 0) is 30.0 Å². The van der Waals surface area contributed by atoms with Crippen LogP contribution in [-0.4, -0.2) is 43.8 Å². The summed E-state index contributed by atoms with van der Waals surface area (Å²) in [7, 11) is 0. The van der Waals surface area contributed by atoms with Gasteiger partial charge >= 0.3 is 0 Å². The zero-order chi connectivity index (χ0) is 22.1. The molecule has 32 heavy (non-hydrogen) atoms. The second-order valence-electron chi connectivity index (χ2n) is 8.26. The van der Waals surface area contributed by atoms with Crippen LogP contribution < -0.4 is 0 Å². The third-order valence-corrected chi connectivity index (χ3v) is 6.81. The predicted octanol–water partition coefficient (Wildman–Crippen LogP) is 4.19. The van der Waals surface area contributed by atoms with Crippen LogP contribution in [0.15, 0.2) is 79.1 Å². The molecular formula is C25H24N4O2S. The van der Waals surface area contributed by atoms with Gasteiger partial charge in [0.1, 0.15) is 10.7 Å². The number of benzene rings is 2. The van der Waals surface area contributed by atoms with Gasteiger partial charge in [-0.3, -0.25) is 9.89 Å². The number of amides is 1. The second-order valence-corrected chi connectivity index (χ2v) is 8.65. The minimum Gasteiger partial charge on any atom is -0.385 e. The lowest BCUT2D eigenvalue weighted by atomic mass is 9.84. The SMILES string of the molecule is O=C(C(c1ccccc1)n1ccc2[nH]ncc2c1=S)N1CCC(O)(c2ccccc2)CC1. The van der Waals surface area contributed by atoms with Gasteiger partial charge in [0.05, 0.1) is 22.7 Å². The summed E-state index contributed by atoms with van der Waals surface area (Å²) in [6.07, 6.45) is 4.54. The number of rotatable bonds is 4. The molecule has 2 N–H and O–H groups in total. The number of carbonyl (C=O) groups excluding carboxylic acids is 1. The normalized spacial score (nSPS) is 16.7. The number of likely N-dealkylation sites (tertiary alicyclic amines) is 1. The zero-order valence-corrected chi connectivity index (χ0v) is 18.3. The van der Waals surface area contributed by atoms with Crippen LogP contribution in [0.25, 0.3) is 10.9 Å². The van der Waals surface area contributed by atoms with Crippen molar-refractivity contribution >= 4 is 29.0 Å². The number of carbonyl (C=O) groups is 1. The van der Waals surface area contributed by atoms with E-state index in [0.717, 1.165) is 22.0 Å². The van der Waals surface area contributed by atoms with Gasteiger partial charge < -0.3 is 14.6 Å². The zero-order valence-electron chi connectivity index (χ0n) is 17.5. The number of piperidine rings is 1. The Morgan fingerprint density at radius 2 is 1.69 bits per heavy atom. The van der Waals surface area contributed by atoms with Gasteiger partial charge in [-0.2, -0.15) is 5.10 Å². The molecule has 1 atom stereocenters. The lowest BCUT2D eigenvalue weighted by Crippen LogP contribution is -2.47. The van der Waals surface area contributed by atoms with Crippen LogP contribution >= 0.6 is 12.2 Å². The number of aromatic nitrogens is 3. The summed E-state index contributed by atoms with van der Waals surface area (Å²) in [5, 5.41) is 19.0. The summed E-state index contributed by atoms with van der Waals surface area (Å²) in [5.74, 6) is -0.0229. The number of aromatic amines is 1. The van der Waals surface area contributed by atoms with E-state index in [0.29, 0.717) is 30.6 Å². The Balaban J connectivity index is 1.47. The fourth-order valence-corrected chi connectivity index (χ4v) is 4.85. The van der Waals surface area contributed by atoms with Crippen LogP contribution in [0.1, 0.15) is 30.0 Å². The van der Waals surface area contributed by atoms with E-state index >= 15 is 0 Å². The molecule has 0 radical (unpaired) electrons. The summed E-state index contributed by atoms with van der Waals surface area (Å²) < 4.78 is 2.42. The molecule has 1 fully saturated rings. The van der Waals surface area contributed by atoms with Crippen molar-refractivity contribution in [2.75, 3.05) is 13.1 Å². The highest BCUT2D eigenvalue weighted by atomic mass is 32.1. The molecule has 1 saturated heterocycles. The maximum atomic E-state index is 13.8. The van der Waals surface area contributed by atoms with Crippen LogP contribution in [-0.2, 0) is 10.4 Å². The Labute approximate surface area is 191 Å². The van der Waals surface area contributed by atoms with Crippen molar-refractivity contribution in [3.63, 3.8) is 0 Å². The van der Waals surface area contributed by atoms with Crippen molar-refractivity contribution in [2.24, 2.45) is 0 Å². The molecule has 4 aromatic rings. The lowest BCUT2D eigenvalue weighted by Gasteiger charge is -2.40. The average molecular weight is 445 g/mol. The molecule has 0 aliphatic carbocycles. The van der Waals surface area contributed by atoms with E-state index in [2.05, 4.69) is 10.2 Å². The first-order valence-corrected chi connectivity index (χ1v) is 11.1. The van der Waals surface area contributed by atoms with Gasteiger partial charge in [0, 0.05) is 19.3 Å². The molecule has 7 heteroatoms. The van der Waals surface area contributed by atoms with Crippen molar-refractivity contribution in [3.05, 3.63) is 94.9 Å². The van der Waals surface area contributed by atoms with Gasteiger partial charge in [-0.25, -0.2) is 0 Å². The van der Waals surface area contributed by atoms with Crippen molar-refractivity contribution in [1.29, 1.82) is 0 Å². The van der Waals surface area contributed by atoms with E-state index in [-0.39, 0.29) is 5.91 Å². The quantitative estimate of drug-likeness (QED) is 0.463. The molecule has 1 unspecified atom stereocenters. The maximum absolute atomic E-state index is 13.8. The molecule has 5 rings (SSSR count).